The molecule has 0 aliphatic carbocycles. The van der Waals surface area contributed by atoms with Crippen LogP contribution in [0, 0.1) is 5.92 Å². The fraction of sp³-hybridized carbons (Fsp3) is 0.517. The molecule has 0 bridgehead atoms. The van der Waals surface area contributed by atoms with Crippen molar-refractivity contribution in [3.63, 3.8) is 0 Å². The van der Waals surface area contributed by atoms with Gasteiger partial charge in [0.25, 0.3) is 0 Å². The molecular formula is C29H39NO8. The van der Waals surface area contributed by atoms with Gasteiger partial charge in [0, 0.05) is 18.6 Å². The van der Waals surface area contributed by atoms with Gasteiger partial charge >= 0.3 is 5.97 Å². The Bertz CT molecular complexity index is 1100. The molecule has 0 saturated carbocycles. The third-order valence-electron chi connectivity index (χ3n) is 6.03. The Morgan fingerprint density at radius 1 is 0.974 bits per heavy atom. The van der Waals surface area contributed by atoms with Crippen molar-refractivity contribution in [2.24, 2.45) is 5.92 Å². The van der Waals surface area contributed by atoms with Gasteiger partial charge in [-0.05, 0) is 70.5 Å². The molecule has 1 saturated heterocycles. The molecule has 0 spiro atoms. The predicted octanol–water partition coefficient (Wildman–Crippen LogP) is 5.05. The number of carbonyl (C=O) groups excluding carboxylic acids is 2. The van der Waals surface area contributed by atoms with Gasteiger partial charge in [0.05, 0.1) is 50.7 Å². The first-order chi connectivity index (χ1) is 18.2. The summed E-state index contributed by atoms with van der Waals surface area (Å²) >= 11 is 0. The highest BCUT2D eigenvalue weighted by Gasteiger charge is 2.46. The Morgan fingerprint density at radius 3 is 2.34 bits per heavy atom. The minimum absolute atomic E-state index is 0.00733. The maximum atomic E-state index is 13.5. The van der Waals surface area contributed by atoms with Crippen LogP contribution in [-0.4, -0.2) is 51.7 Å². The summed E-state index contributed by atoms with van der Waals surface area (Å²) in [4.78, 5) is 28.0. The topological polar surface area (TPSA) is 92.8 Å². The molecule has 208 valence electrons. The Labute approximate surface area is 224 Å². The van der Waals surface area contributed by atoms with Crippen LogP contribution in [0.15, 0.2) is 36.4 Å². The van der Waals surface area contributed by atoms with Gasteiger partial charge in [-0.25, -0.2) is 0 Å². The molecule has 9 nitrogen and oxygen atoms in total. The molecule has 1 fully saturated rings. The largest absolute Gasteiger partial charge is 0.493 e. The number of anilines is 1. The zero-order chi connectivity index (χ0) is 27.8. The highest BCUT2D eigenvalue weighted by molar-refractivity contribution is 6.01. The van der Waals surface area contributed by atoms with E-state index in [2.05, 4.69) is 0 Å². The van der Waals surface area contributed by atoms with E-state index >= 15 is 0 Å². The van der Waals surface area contributed by atoms with Crippen LogP contribution < -0.4 is 19.1 Å². The van der Waals surface area contributed by atoms with E-state index in [1.54, 1.807) is 18.1 Å². The number of benzene rings is 2. The van der Waals surface area contributed by atoms with Crippen LogP contribution in [0.5, 0.6) is 17.2 Å². The molecule has 2 aromatic rings. The maximum absolute atomic E-state index is 13.5. The first-order valence-corrected chi connectivity index (χ1v) is 12.9. The zero-order valence-electron chi connectivity index (χ0n) is 23.3. The number of carbonyl (C=O) groups is 2. The molecule has 0 aromatic heterocycles. The number of hydrogen-bond acceptors (Lipinski definition) is 8. The summed E-state index contributed by atoms with van der Waals surface area (Å²) in [6.45, 7) is 10.5. The number of nitrogens with zero attached hydrogens (tertiary/aromatic N) is 1. The van der Waals surface area contributed by atoms with Crippen molar-refractivity contribution in [2.45, 2.75) is 65.9 Å². The summed E-state index contributed by atoms with van der Waals surface area (Å²) in [6.07, 6.45) is -0.0668. The molecule has 0 radical (unpaired) electrons. The summed E-state index contributed by atoms with van der Waals surface area (Å²) < 4.78 is 33.5. The Hall–Kier alpha value is -3.30. The number of methoxy groups -OCH3 is 2. The average molecular weight is 530 g/mol. The van der Waals surface area contributed by atoms with Crippen LogP contribution in [0.3, 0.4) is 0 Å². The summed E-state index contributed by atoms with van der Waals surface area (Å²) in [7, 11) is 2.89. The standard InChI is InChI=1S/C29H39NO8/c1-8-35-17-36-16-21-13-22(37-18(2)3)10-11-24(21)30-27(31)15-23(29(32)34-7)28(30)20-9-12-25(38-19(4)5)26(14-20)33-6/h9-14,18-19,23,28H,8,15-17H2,1-7H3/t23-,28-/m1/s1. The van der Waals surface area contributed by atoms with Crippen LogP contribution in [0.1, 0.15) is 58.2 Å². The Morgan fingerprint density at radius 2 is 1.71 bits per heavy atom. The fourth-order valence-corrected chi connectivity index (χ4v) is 4.53. The normalized spacial score (nSPS) is 17.3. The lowest BCUT2D eigenvalue weighted by Crippen LogP contribution is -2.32. The lowest BCUT2D eigenvalue weighted by molar-refractivity contribution is -0.146. The van der Waals surface area contributed by atoms with Gasteiger partial charge in [-0.3, -0.25) is 9.59 Å². The molecule has 1 aliphatic rings. The van der Waals surface area contributed by atoms with E-state index < -0.39 is 17.9 Å². The molecule has 0 unspecified atom stereocenters. The molecule has 1 heterocycles. The first-order valence-electron chi connectivity index (χ1n) is 12.9. The smallest absolute Gasteiger partial charge is 0.311 e. The zero-order valence-corrected chi connectivity index (χ0v) is 23.3. The minimum atomic E-state index is -0.710. The lowest BCUT2D eigenvalue weighted by atomic mass is 9.93. The van der Waals surface area contributed by atoms with Crippen molar-refractivity contribution in [3.05, 3.63) is 47.5 Å². The van der Waals surface area contributed by atoms with Crippen molar-refractivity contribution >= 4 is 17.6 Å². The van der Waals surface area contributed by atoms with Gasteiger partial charge in [0.1, 0.15) is 12.5 Å². The molecule has 0 N–H and O–H groups in total. The summed E-state index contributed by atoms with van der Waals surface area (Å²) in [5.41, 5.74) is 2.09. The van der Waals surface area contributed by atoms with Gasteiger partial charge in [-0.2, -0.15) is 0 Å². The molecule has 2 atom stereocenters. The van der Waals surface area contributed by atoms with Gasteiger partial charge in [0.15, 0.2) is 11.5 Å². The maximum Gasteiger partial charge on any atom is 0.311 e. The van der Waals surface area contributed by atoms with Crippen molar-refractivity contribution in [3.8, 4) is 17.2 Å². The molecule has 9 heteroatoms. The van der Waals surface area contributed by atoms with Crippen molar-refractivity contribution < 1.29 is 38.0 Å². The van der Waals surface area contributed by atoms with Gasteiger partial charge in [-0.1, -0.05) is 6.07 Å². The SMILES string of the molecule is CCOCOCc1cc(OC(C)C)ccc1N1C(=O)C[C@@H](C(=O)OC)[C@H]1c1ccc(OC(C)C)c(OC)c1. The Kier molecular flexibility index (Phi) is 10.4. The summed E-state index contributed by atoms with van der Waals surface area (Å²) in [5.74, 6) is 0.384. The summed E-state index contributed by atoms with van der Waals surface area (Å²) in [5, 5.41) is 0. The number of ether oxygens (including phenoxy) is 6. The molecule has 38 heavy (non-hydrogen) atoms. The predicted molar refractivity (Wildman–Crippen MR) is 143 cm³/mol. The number of hydrogen-bond donors (Lipinski definition) is 0. The van der Waals surface area contributed by atoms with Crippen molar-refractivity contribution in [2.75, 3.05) is 32.5 Å². The van der Waals surface area contributed by atoms with Crippen LogP contribution in [0.4, 0.5) is 5.69 Å². The summed E-state index contributed by atoms with van der Waals surface area (Å²) in [6, 6.07) is 10.3. The fourth-order valence-electron chi connectivity index (χ4n) is 4.53. The van der Waals surface area contributed by atoms with Crippen molar-refractivity contribution in [1.29, 1.82) is 0 Å². The third-order valence-corrected chi connectivity index (χ3v) is 6.03. The quantitative estimate of drug-likeness (QED) is 0.202. The van der Waals surface area contributed by atoms with Crippen molar-refractivity contribution in [1.82, 2.24) is 0 Å². The van der Waals surface area contributed by atoms with E-state index in [4.69, 9.17) is 28.4 Å². The van der Waals surface area contributed by atoms with Crippen LogP contribution >= 0.6 is 0 Å². The second-order valence-corrected chi connectivity index (χ2v) is 9.54. The second kappa shape index (κ2) is 13.5. The van der Waals surface area contributed by atoms with E-state index in [0.29, 0.717) is 29.5 Å². The van der Waals surface area contributed by atoms with Gasteiger partial charge in [0.2, 0.25) is 5.91 Å². The monoisotopic (exact) mass is 529 g/mol. The number of esters is 1. The van der Waals surface area contributed by atoms with E-state index in [1.807, 2.05) is 65.0 Å². The molecule has 3 rings (SSSR count). The molecule has 1 amide bonds. The van der Waals surface area contributed by atoms with Gasteiger partial charge in [-0.15, -0.1) is 0 Å². The first kappa shape index (κ1) is 29.3. The van der Waals surface area contributed by atoms with Crippen LogP contribution in [-0.2, 0) is 30.4 Å². The molecule has 2 aromatic carbocycles. The third kappa shape index (κ3) is 6.96. The van der Waals surface area contributed by atoms with E-state index in [9.17, 15) is 9.59 Å². The highest BCUT2D eigenvalue weighted by Crippen LogP contribution is 2.45. The minimum Gasteiger partial charge on any atom is -0.493 e. The second-order valence-electron chi connectivity index (χ2n) is 9.54. The number of amides is 1. The van der Waals surface area contributed by atoms with Crippen LogP contribution in [0.25, 0.3) is 0 Å². The molecular weight excluding hydrogens is 490 g/mol. The average Bonchev–Trinajstić information content (AvgIpc) is 3.22. The van der Waals surface area contributed by atoms with Gasteiger partial charge < -0.3 is 33.3 Å². The lowest BCUT2D eigenvalue weighted by Gasteiger charge is -2.30. The van der Waals surface area contributed by atoms with E-state index in [0.717, 1.165) is 11.1 Å². The number of rotatable bonds is 13. The highest BCUT2D eigenvalue weighted by atomic mass is 16.7. The molecule has 1 aliphatic heterocycles. The van der Waals surface area contributed by atoms with Crippen LogP contribution in [0.2, 0.25) is 0 Å². The van der Waals surface area contributed by atoms with E-state index in [1.165, 1.54) is 7.11 Å². The van der Waals surface area contributed by atoms with E-state index in [-0.39, 0.29) is 37.9 Å². The Balaban J connectivity index is 2.10.